The average Bonchev–Trinajstić information content (AvgIpc) is 2.48. The first-order valence-electron chi connectivity index (χ1n) is 6.39. The van der Waals surface area contributed by atoms with Gasteiger partial charge in [-0.25, -0.2) is 0 Å². The van der Waals surface area contributed by atoms with Crippen molar-refractivity contribution < 1.29 is 5.11 Å². The summed E-state index contributed by atoms with van der Waals surface area (Å²) in [7, 11) is 0. The zero-order valence-electron chi connectivity index (χ0n) is 11.0. The predicted molar refractivity (Wildman–Crippen MR) is 89.9 cm³/mol. The number of fused-ring (bicyclic) bond motifs is 1. The summed E-state index contributed by atoms with van der Waals surface area (Å²) >= 11 is 9.45. The Hall–Kier alpha value is -1.78. The van der Waals surface area contributed by atoms with E-state index in [4.69, 9.17) is 11.6 Å². The average molecular weight is 364 g/mol. The van der Waals surface area contributed by atoms with Gasteiger partial charge < -0.3 is 10.4 Å². The molecule has 1 aromatic heterocycles. The number of nitrogens with zero attached hydrogens (tertiary/aromatic N) is 1. The van der Waals surface area contributed by atoms with Crippen molar-refractivity contribution in [3.63, 3.8) is 0 Å². The molecule has 0 atom stereocenters. The Morgan fingerprint density at radius 3 is 2.90 bits per heavy atom. The number of halogens is 2. The molecule has 2 N–H and O–H groups in total. The minimum absolute atomic E-state index is 0.240. The van der Waals surface area contributed by atoms with Crippen molar-refractivity contribution in [2.24, 2.45) is 0 Å². The number of aromatic hydroxyl groups is 1. The number of benzene rings is 2. The number of anilines is 1. The lowest BCUT2D eigenvalue weighted by Crippen LogP contribution is -2.01. The van der Waals surface area contributed by atoms with Gasteiger partial charge in [0.15, 0.2) is 0 Å². The highest BCUT2D eigenvalue weighted by molar-refractivity contribution is 9.10. The Kier molecular flexibility index (Phi) is 3.99. The van der Waals surface area contributed by atoms with Crippen molar-refractivity contribution in [2.75, 3.05) is 5.32 Å². The second-order valence-electron chi connectivity index (χ2n) is 4.63. The molecule has 0 bridgehead atoms. The quantitative estimate of drug-likeness (QED) is 0.690. The molecule has 0 aliphatic rings. The van der Waals surface area contributed by atoms with E-state index in [-0.39, 0.29) is 5.75 Å². The lowest BCUT2D eigenvalue weighted by atomic mass is 10.1. The normalized spacial score (nSPS) is 10.8. The number of para-hydroxylation sites is 1. The van der Waals surface area contributed by atoms with Crippen LogP contribution in [-0.4, -0.2) is 10.1 Å². The van der Waals surface area contributed by atoms with E-state index in [0.717, 1.165) is 22.2 Å². The summed E-state index contributed by atoms with van der Waals surface area (Å²) in [5, 5.41) is 14.9. The first-order chi connectivity index (χ1) is 10.1. The molecule has 3 rings (SSSR count). The van der Waals surface area contributed by atoms with Crippen LogP contribution in [0.1, 0.15) is 5.56 Å². The summed E-state index contributed by atoms with van der Waals surface area (Å²) in [4.78, 5) is 4.38. The van der Waals surface area contributed by atoms with E-state index in [1.54, 1.807) is 12.3 Å². The van der Waals surface area contributed by atoms with Crippen LogP contribution in [0.25, 0.3) is 10.9 Å². The summed E-state index contributed by atoms with van der Waals surface area (Å²) in [6.45, 7) is 0.483. The van der Waals surface area contributed by atoms with Gasteiger partial charge in [0.05, 0.1) is 15.7 Å². The van der Waals surface area contributed by atoms with Crippen LogP contribution in [0.3, 0.4) is 0 Å². The SMILES string of the molecule is Oc1c(Br)cccc1CNc1cc(Cl)cc2cccnc12. The molecule has 0 aliphatic heterocycles. The van der Waals surface area contributed by atoms with Gasteiger partial charge in [-0.1, -0.05) is 29.8 Å². The van der Waals surface area contributed by atoms with E-state index >= 15 is 0 Å². The fraction of sp³-hybridized carbons (Fsp3) is 0.0625. The fourth-order valence-corrected chi connectivity index (χ4v) is 2.82. The Morgan fingerprint density at radius 2 is 2.05 bits per heavy atom. The van der Waals surface area contributed by atoms with Gasteiger partial charge in [0.25, 0.3) is 0 Å². The molecule has 0 fully saturated rings. The van der Waals surface area contributed by atoms with Crippen molar-refractivity contribution in [1.82, 2.24) is 4.98 Å². The number of phenolic OH excluding ortho intramolecular Hbond substituents is 1. The van der Waals surface area contributed by atoms with E-state index in [2.05, 4.69) is 26.2 Å². The van der Waals surface area contributed by atoms with Crippen LogP contribution < -0.4 is 5.32 Å². The minimum Gasteiger partial charge on any atom is -0.506 e. The maximum Gasteiger partial charge on any atom is 0.134 e. The third-order valence-electron chi connectivity index (χ3n) is 3.21. The molecule has 0 saturated carbocycles. The summed E-state index contributed by atoms with van der Waals surface area (Å²) in [6, 6.07) is 13.1. The van der Waals surface area contributed by atoms with Crippen LogP contribution in [-0.2, 0) is 6.54 Å². The van der Waals surface area contributed by atoms with Crippen LogP contribution in [0.15, 0.2) is 53.1 Å². The first kappa shape index (κ1) is 14.2. The molecule has 0 radical (unpaired) electrons. The number of nitrogens with one attached hydrogen (secondary N) is 1. The zero-order valence-corrected chi connectivity index (χ0v) is 13.3. The highest BCUT2D eigenvalue weighted by Gasteiger charge is 2.07. The van der Waals surface area contributed by atoms with Gasteiger partial charge in [0.1, 0.15) is 5.75 Å². The van der Waals surface area contributed by atoms with Crippen molar-refractivity contribution >= 4 is 44.1 Å². The highest BCUT2D eigenvalue weighted by Crippen LogP contribution is 2.30. The lowest BCUT2D eigenvalue weighted by molar-refractivity contribution is 0.465. The topological polar surface area (TPSA) is 45.1 Å². The van der Waals surface area contributed by atoms with E-state index in [1.165, 1.54) is 0 Å². The van der Waals surface area contributed by atoms with Crippen LogP contribution in [0.4, 0.5) is 5.69 Å². The summed E-state index contributed by atoms with van der Waals surface area (Å²) in [5.74, 6) is 0.240. The largest absolute Gasteiger partial charge is 0.506 e. The molecule has 0 unspecified atom stereocenters. The maximum absolute atomic E-state index is 10.0. The molecule has 0 spiro atoms. The summed E-state index contributed by atoms with van der Waals surface area (Å²) < 4.78 is 0.677. The molecule has 5 heteroatoms. The molecular weight excluding hydrogens is 352 g/mol. The van der Waals surface area contributed by atoms with Crippen LogP contribution in [0.2, 0.25) is 5.02 Å². The second kappa shape index (κ2) is 5.92. The molecule has 0 aliphatic carbocycles. The van der Waals surface area contributed by atoms with Gasteiger partial charge in [0.2, 0.25) is 0 Å². The van der Waals surface area contributed by atoms with Gasteiger partial charge in [-0.2, -0.15) is 0 Å². The van der Waals surface area contributed by atoms with Gasteiger partial charge in [-0.3, -0.25) is 4.98 Å². The van der Waals surface area contributed by atoms with E-state index in [0.29, 0.717) is 16.0 Å². The molecule has 3 aromatic rings. The van der Waals surface area contributed by atoms with Crippen LogP contribution >= 0.6 is 27.5 Å². The molecule has 3 nitrogen and oxygen atoms in total. The fourth-order valence-electron chi connectivity index (χ4n) is 2.18. The number of phenols is 1. The monoisotopic (exact) mass is 362 g/mol. The number of hydrogen-bond donors (Lipinski definition) is 2. The number of rotatable bonds is 3. The van der Waals surface area contributed by atoms with Gasteiger partial charge in [-0.05, 0) is 40.2 Å². The van der Waals surface area contributed by atoms with Crippen molar-refractivity contribution in [3.05, 3.63) is 63.7 Å². The smallest absolute Gasteiger partial charge is 0.134 e. The van der Waals surface area contributed by atoms with E-state index in [9.17, 15) is 5.11 Å². The predicted octanol–water partition coefficient (Wildman–Crippen LogP) is 4.97. The Bertz CT molecular complexity index is 807. The van der Waals surface area contributed by atoms with Crippen LogP contribution in [0, 0.1) is 0 Å². The van der Waals surface area contributed by atoms with Crippen molar-refractivity contribution in [1.29, 1.82) is 0 Å². The van der Waals surface area contributed by atoms with Crippen LogP contribution in [0.5, 0.6) is 5.75 Å². The van der Waals surface area contributed by atoms with Gasteiger partial charge in [0, 0.05) is 28.7 Å². The molecule has 2 aromatic carbocycles. The second-order valence-corrected chi connectivity index (χ2v) is 5.92. The molecule has 0 amide bonds. The molecule has 1 heterocycles. The molecule has 21 heavy (non-hydrogen) atoms. The molecular formula is C16H12BrClN2O. The number of pyridine rings is 1. The third-order valence-corrected chi connectivity index (χ3v) is 4.07. The summed E-state index contributed by atoms with van der Waals surface area (Å²) in [6.07, 6.45) is 1.75. The molecule has 106 valence electrons. The van der Waals surface area contributed by atoms with Crippen molar-refractivity contribution in [3.8, 4) is 5.75 Å². The number of aromatic nitrogens is 1. The lowest BCUT2D eigenvalue weighted by Gasteiger charge is -2.11. The minimum atomic E-state index is 0.240. The Morgan fingerprint density at radius 1 is 1.19 bits per heavy atom. The van der Waals surface area contributed by atoms with E-state index in [1.807, 2.05) is 36.4 Å². The third kappa shape index (κ3) is 2.96. The first-order valence-corrected chi connectivity index (χ1v) is 7.57. The zero-order chi connectivity index (χ0) is 14.8. The van der Waals surface area contributed by atoms with Gasteiger partial charge >= 0.3 is 0 Å². The van der Waals surface area contributed by atoms with Gasteiger partial charge in [-0.15, -0.1) is 0 Å². The number of hydrogen-bond acceptors (Lipinski definition) is 3. The highest BCUT2D eigenvalue weighted by atomic mass is 79.9. The maximum atomic E-state index is 10.0. The summed E-state index contributed by atoms with van der Waals surface area (Å²) in [5.41, 5.74) is 2.50. The Balaban J connectivity index is 1.93. The van der Waals surface area contributed by atoms with Crippen molar-refractivity contribution in [2.45, 2.75) is 6.54 Å². The standard InChI is InChI=1S/C16H12BrClN2O/c17-13-5-1-3-11(16(13)21)9-20-14-8-12(18)7-10-4-2-6-19-15(10)14/h1-8,20-21H,9H2. The molecule has 0 saturated heterocycles. The Labute approximate surface area is 135 Å². The van der Waals surface area contributed by atoms with E-state index < -0.39 is 0 Å².